The van der Waals surface area contributed by atoms with Gasteiger partial charge in [-0.25, -0.2) is 0 Å². The number of ether oxygens (including phenoxy) is 3. The zero-order valence-corrected chi connectivity index (χ0v) is 13.8. The van der Waals surface area contributed by atoms with Crippen molar-refractivity contribution in [3.63, 3.8) is 0 Å². The molecule has 1 atom stereocenters. The molecule has 1 unspecified atom stereocenters. The Morgan fingerprint density at radius 3 is 2.57 bits per heavy atom. The van der Waals surface area contributed by atoms with Crippen LogP contribution in [0.5, 0.6) is 11.5 Å². The summed E-state index contributed by atoms with van der Waals surface area (Å²) in [6.07, 6.45) is 2.14. The summed E-state index contributed by atoms with van der Waals surface area (Å²) >= 11 is 0. The number of rotatable bonds is 11. The largest absolute Gasteiger partial charge is 0.497 e. The molecule has 0 aromatic heterocycles. The Hall–Kier alpha value is -1.26. The summed E-state index contributed by atoms with van der Waals surface area (Å²) in [6.45, 7) is 9.35. The van der Waals surface area contributed by atoms with Gasteiger partial charge in [0, 0.05) is 24.3 Å². The monoisotopic (exact) mass is 295 g/mol. The highest BCUT2D eigenvalue weighted by Gasteiger charge is 2.12. The van der Waals surface area contributed by atoms with E-state index in [2.05, 4.69) is 32.2 Å². The molecule has 4 heteroatoms. The molecule has 1 aromatic rings. The minimum atomic E-state index is 0.252. The van der Waals surface area contributed by atoms with Crippen molar-refractivity contribution >= 4 is 0 Å². The van der Waals surface area contributed by atoms with E-state index >= 15 is 0 Å². The van der Waals surface area contributed by atoms with Crippen molar-refractivity contribution in [1.29, 1.82) is 0 Å². The zero-order chi connectivity index (χ0) is 15.5. The Morgan fingerprint density at radius 1 is 1.10 bits per heavy atom. The van der Waals surface area contributed by atoms with Gasteiger partial charge in [0.2, 0.25) is 0 Å². The van der Waals surface area contributed by atoms with Gasteiger partial charge >= 0.3 is 0 Å². The number of methoxy groups -OCH3 is 1. The lowest BCUT2D eigenvalue weighted by atomic mass is 10.1. The molecule has 1 rings (SSSR count). The average molecular weight is 295 g/mol. The molecule has 1 aromatic carbocycles. The quantitative estimate of drug-likeness (QED) is 0.634. The molecule has 0 amide bonds. The van der Waals surface area contributed by atoms with Gasteiger partial charge in [0.1, 0.15) is 18.1 Å². The first-order valence-corrected chi connectivity index (χ1v) is 7.84. The van der Waals surface area contributed by atoms with Gasteiger partial charge < -0.3 is 19.5 Å². The Labute approximate surface area is 128 Å². The molecule has 0 fully saturated rings. The second-order valence-corrected chi connectivity index (χ2v) is 5.04. The topological polar surface area (TPSA) is 39.7 Å². The Morgan fingerprint density at radius 2 is 1.90 bits per heavy atom. The highest BCUT2D eigenvalue weighted by molar-refractivity contribution is 5.42. The fourth-order valence-corrected chi connectivity index (χ4v) is 2.05. The van der Waals surface area contributed by atoms with Gasteiger partial charge in [-0.3, -0.25) is 0 Å². The maximum absolute atomic E-state index is 5.88. The van der Waals surface area contributed by atoms with Crippen LogP contribution in [-0.4, -0.2) is 33.5 Å². The van der Waals surface area contributed by atoms with E-state index in [4.69, 9.17) is 14.2 Å². The van der Waals surface area contributed by atoms with Crippen molar-refractivity contribution in [1.82, 2.24) is 5.32 Å². The van der Waals surface area contributed by atoms with E-state index in [1.165, 1.54) is 0 Å². The molecule has 0 aliphatic rings. The van der Waals surface area contributed by atoms with Gasteiger partial charge in [-0.15, -0.1) is 0 Å². The molecule has 0 heterocycles. The Kier molecular flexibility index (Phi) is 8.87. The van der Waals surface area contributed by atoms with Crippen molar-refractivity contribution < 1.29 is 14.2 Å². The lowest BCUT2D eigenvalue weighted by Crippen LogP contribution is -2.20. The third-order valence-corrected chi connectivity index (χ3v) is 3.22. The lowest BCUT2D eigenvalue weighted by molar-refractivity contribution is 0.1000. The van der Waals surface area contributed by atoms with Crippen LogP contribution in [0.1, 0.15) is 45.2 Å². The fraction of sp³-hybridized carbons (Fsp3) is 0.647. The van der Waals surface area contributed by atoms with Gasteiger partial charge in [0.25, 0.3) is 0 Å². The number of hydrogen-bond acceptors (Lipinski definition) is 4. The summed E-state index contributed by atoms with van der Waals surface area (Å²) in [7, 11) is 1.67. The Balaban J connectivity index is 2.67. The third-order valence-electron chi connectivity index (χ3n) is 3.22. The Bertz CT molecular complexity index is 396. The maximum Gasteiger partial charge on any atom is 0.127 e. The van der Waals surface area contributed by atoms with E-state index in [1.807, 2.05) is 12.1 Å². The number of nitrogens with one attached hydrogen (secondary N) is 1. The molecule has 0 radical (unpaired) electrons. The predicted octanol–water partition coefficient (Wildman–Crippen LogP) is 3.56. The van der Waals surface area contributed by atoms with Gasteiger partial charge in [0.05, 0.1) is 13.7 Å². The molecule has 0 bridgehead atoms. The molecule has 4 nitrogen and oxygen atoms in total. The van der Waals surface area contributed by atoms with Crippen LogP contribution in [0.25, 0.3) is 0 Å². The van der Waals surface area contributed by atoms with Crippen molar-refractivity contribution in [2.24, 2.45) is 0 Å². The first-order chi connectivity index (χ1) is 10.2. The summed E-state index contributed by atoms with van der Waals surface area (Å²) in [5.74, 6) is 1.68. The summed E-state index contributed by atoms with van der Waals surface area (Å²) in [5, 5.41) is 3.49. The maximum atomic E-state index is 5.88. The van der Waals surface area contributed by atoms with E-state index in [1.54, 1.807) is 7.11 Å². The second kappa shape index (κ2) is 10.5. The van der Waals surface area contributed by atoms with E-state index in [0.717, 1.165) is 43.1 Å². The zero-order valence-electron chi connectivity index (χ0n) is 13.8. The molecule has 21 heavy (non-hydrogen) atoms. The molecule has 0 saturated heterocycles. The van der Waals surface area contributed by atoms with E-state index < -0.39 is 0 Å². The second-order valence-electron chi connectivity index (χ2n) is 5.04. The predicted molar refractivity (Wildman–Crippen MR) is 86.3 cm³/mol. The van der Waals surface area contributed by atoms with Crippen LogP contribution < -0.4 is 14.8 Å². The van der Waals surface area contributed by atoms with Gasteiger partial charge in [0.15, 0.2) is 0 Å². The standard InChI is InChI=1S/C17H29NO3/c1-5-9-18-14(3)16-8-7-15(19-4)13-17(16)21-12-11-20-10-6-2/h7-8,13-14,18H,5-6,9-12H2,1-4H3. The highest BCUT2D eigenvalue weighted by Crippen LogP contribution is 2.29. The molecule has 120 valence electrons. The van der Waals surface area contributed by atoms with Crippen molar-refractivity contribution in [2.75, 3.05) is 33.5 Å². The first kappa shape index (κ1) is 17.8. The summed E-state index contributed by atoms with van der Waals surface area (Å²) < 4.78 is 16.6. The minimum Gasteiger partial charge on any atom is -0.497 e. The molecule has 0 spiro atoms. The summed E-state index contributed by atoms with van der Waals surface area (Å²) in [5.41, 5.74) is 1.15. The molecule has 0 aliphatic heterocycles. The molecule has 1 N–H and O–H groups in total. The van der Waals surface area contributed by atoms with E-state index in [0.29, 0.717) is 13.2 Å². The fourth-order valence-electron chi connectivity index (χ4n) is 2.05. The normalized spacial score (nSPS) is 12.2. The van der Waals surface area contributed by atoms with Gasteiger partial charge in [-0.2, -0.15) is 0 Å². The van der Waals surface area contributed by atoms with Crippen LogP contribution in [0, 0.1) is 0 Å². The average Bonchev–Trinajstić information content (AvgIpc) is 2.52. The van der Waals surface area contributed by atoms with Crippen LogP contribution >= 0.6 is 0 Å². The van der Waals surface area contributed by atoms with Crippen LogP contribution in [0.2, 0.25) is 0 Å². The first-order valence-electron chi connectivity index (χ1n) is 7.84. The van der Waals surface area contributed by atoms with Gasteiger partial charge in [-0.1, -0.05) is 19.9 Å². The minimum absolute atomic E-state index is 0.252. The smallest absolute Gasteiger partial charge is 0.127 e. The van der Waals surface area contributed by atoms with Crippen LogP contribution in [-0.2, 0) is 4.74 Å². The molecular formula is C17H29NO3. The van der Waals surface area contributed by atoms with E-state index in [-0.39, 0.29) is 6.04 Å². The molecular weight excluding hydrogens is 266 g/mol. The van der Waals surface area contributed by atoms with Crippen LogP contribution in [0.15, 0.2) is 18.2 Å². The summed E-state index contributed by atoms with van der Waals surface area (Å²) in [4.78, 5) is 0. The van der Waals surface area contributed by atoms with Gasteiger partial charge in [-0.05, 0) is 32.4 Å². The summed E-state index contributed by atoms with van der Waals surface area (Å²) in [6, 6.07) is 6.23. The lowest BCUT2D eigenvalue weighted by Gasteiger charge is -2.19. The SMILES string of the molecule is CCCNC(C)c1ccc(OC)cc1OCCOCCC. The van der Waals surface area contributed by atoms with Crippen molar-refractivity contribution in [2.45, 2.75) is 39.7 Å². The van der Waals surface area contributed by atoms with Crippen molar-refractivity contribution in [3.8, 4) is 11.5 Å². The van der Waals surface area contributed by atoms with E-state index in [9.17, 15) is 0 Å². The molecule has 0 aliphatic carbocycles. The van der Waals surface area contributed by atoms with Crippen LogP contribution in [0.3, 0.4) is 0 Å². The molecule has 0 saturated carbocycles. The van der Waals surface area contributed by atoms with Crippen molar-refractivity contribution in [3.05, 3.63) is 23.8 Å². The number of hydrogen-bond donors (Lipinski definition) is 1. The number of benzene rings is 1. The van der Waals surface area contributed by atoms with Crippen LogP contribution in [0.4, 0.5) is 0 Å². The highest BCUT2D eigenvalue weighted by atomic mass is 16.5. The third kappa shape index (κ3) is 6.36.